The van der Waals surface area contributed by atoms with Crippen LogP contribution in [0.3, 0.4) is 0 Å². The predicted molar refractivity (Wildman–Crippen MR) is 200 cm³/mol. The molecule has 0 saturated carbocycles. The van der Waals surface area contributed by atoms with Gasteiger partial charge in [-0.05, 0) is 81.9 Å². The molecule has 0 aliphatic rings. The van der Waals surface area contributed by atoms with E-state index in [4.69, 9.17) is 18.9 Å². The minimum absolute atomic E-state index is 0.305. The second-order valence-electron chi connectivity index (χ2n) is 11.7. The molecule has 6 aromatic rings. The van der Waals surface area contributed by atoms with Crippen molar-refractivity contribution in [3.8, 4) is 22.6 Å². The second kappa shape index (κ2) is 15.4. The molecule has 246 valence electrons. The van der Waals surface area contributed by atoms with Gasteiger partial charge in [0.1, 0.15) is 11.5 Å². The van der Waals surface area contributed by atoms with Crippen molar-refractivity contribution >= 4 is 87.3 Å². The van der Waals surface area contributed by atoms with Gasteiger partial charge in [-0.3, -0.25) is 0 Å². The Balaban J connectivity index is 1.61. The van der Waals surface area contributed by atoms with Gasteiger partial charge in [-0.2, -0.15) is 0 Å². The topological polar surface area (TPSA) is 71.1 Å². The Hall–Kier alpha value is -4.14. The van der Waals surface area contributed by atoms with E-state index >= 15 is 0 Å². The summed E-state index contributed by atoms with van der Waals surface area (Å²) in [6, 6.07) is 27.7. The Morgan fingerprint density at radius 1 is 0.500 bits per heavy atom. The van der Waals surface area contributed by atoms with Crippen molar-refractivity contribution in [3.63, 3.8) is 0 Å². The highest BCUT2D eigenvalue weighted by Gasteiger charge is 2.25. The minimum Gasteiger partial charge on any atom is -0.434 e. The van der Waals surface area contributed by atoms with Crippen LogP contribution in [-0.4, -0.2) is 25.5 Å². The number of fused-ring (bicyclic) bond motifs is 4. The Labute approximate surface area is 296 Å². The van der Waals surface area contributed by atoms with Crippen LogP contribution >= 0.6 is 31.9 Å². The molecule has 0 aromatic heterocycles. The van der Waals surface area contributed by atoms with Crippen molar-refractivity contribution in [2.24, 2.45) is 0 Å². The summed E-state index contributed by atoms with van der Waals surface area (Å²) in [5.74, 6) is 0.885. The van der Waals surface area contributed by atoms with Crippen molar-refractivity contribution < 1.29 is 28.5 Å². The Bertz CT molecular complexity index is 1990. The number of hydrogen-bond donors (Lipinski definition) is 0. The summed E-state index contributed by atoms with van der Waals surface area (Å²) in [7, 11) is 0. The van der Waals surface area contributed by atoms with Gasteiger partial charge in [0.2, 0.25) is 0 Å². The van der Waals surface area contributed by atoms with Crippen LogP contribution in [0.25, 0.3) is 54.2 Å². The first-order valence-corrected chi connectivity index (χ1v) is 18.0. The number of benzene rings is 6. The van der Waals surface area contributed by atoms with Crippen LogP contribution in [0, 0.1) is 0 Å². The molecule has 0 saturated heterocycles. The third-order valence-electron chi connectivity index (χ3n) is 8.43. The van der Waals surface area contributed by atoms with Crippen LogP contribution < -0.4 is 9.47 Å². The van der Waals surface area contributed by atoms with Crippen molar-refractivity contribution in [2.75, 3.05) is 13.2 Å². The SMILES string of the molecule is CCCCCOC(=O)Oc1c2ccccc2c(-c2c3ccccc3c(OC(=O)OCCCCC)c3ccc(Br)cc23)c2cc(Br)ccc12. The molecule has 0 amide bonds. The van der Waals surface area contributed by atoms with Gasteiger partial charge in [0.25, 0.3) is 0 Å². The van der Waals surface area contributed by atoms with E-state index in [-0.39, 0.29) is 0 Å². The molecule has 0 spiro atoms. The Morgan fingerprint density at radius 3 is 1.27 bits per heavy atom. The van der Waals surface area contributed by atoms with Crippen LogP contribution in [0.2, 0.25) is 0 Å². The first kappa shape index (κ1) is 33.7. The first-order chi connectivity index (χ1) is 23.4. The van der Waals surface area contributed by atoms with Crippen molar-refractivity contribution in [1.82, 2.24) is 0 Å². The molecule has 0 bridgehead atoms. The molecule has 8 heteroatoms. The zero-order valence-corrected chi connectivity index (χ0v) is 30.1. The molecular weight excluding hydrogens is 736 g/mol. The van der Waals surface area contributed by atoms with E-state index in [1.807, 2.05) is 84.9 Å². The van der Waals surface area contributed by atoms with Gasteiger partial charge in [0.05, 0.1) is 13.2 Å². The maximum atomic E-state index is 13.0. The summed E-state index contributed by atoms with van der Waals surface area (Å²) < 4.78 is 24.7. The first-order valence-electron chi connectivity index (χ1n) is 16.4. The van der Waals surface area contributed by atoms with Crippen LogP contribution in [-0.2, 0) is 9.47 Å². The molecule has 48 heavy (non-hydrogen) atoms. The maximum absolute atomic E-state index is 13.0. The highest BCUT2D eigenvalue weighted by Crippen LogP contribution is 2.50. The van der Waals surface area contributed by atoms with Crippen LogP contribution in [0.1, 0.15) is 52.4 Å². The number of hydrogen-bond acceptors (Lipinski definition) is 6. The zero-order valence-electron chi connectivity index (χ0n) is 26.9. The lowest BCUT2D eigenvalue weighted by atomic mass is 9.85. The fraction of sp³-hybridized carbons (Fsp3) is 0.250. The highest BCUT2D eigenvalue weighted by atomic mass is 79.9. The van der Waals surface area contributed by atoms with E-state index in [1.165, 1.54) is 0 Å². The lowest BCUT2D eigenvalue weighted by molar-refractivity contribution is 0.0973. The molecular formula is C40H36Br2O6. The fourth-order valence-electron chi connectivity index (χ4n) is 6.22. The summed E-state index contributed by atoms with van der Waals surface area (Å²) in [4.78, 5) is 26.0. The molecule has 0 unspecified atom stereocenters. The molecule has 0 radical (unpaired) electrons. The molecule has 0 aliphatic heterocycles. The zero-order chi connectivity index (χ0) is 33.6. The number of carbonyl (C=O) groups is 2. The normalized spacial score (nSPS) is 11.3. The lowest BCUT2D eigenvalue weighted by Crippen LogP contribution is -2.12. The third-order valence-corrected chi connectivity index (χ3v) is 9.42. The second-order valence-corrected chi connectivity index (χ2v) is 13.5. The average molecular weight is 773 g/mol. The van der Waals surface area contributed by atoms with Crippen molar-refractivity contribution in [1.29, 1.82) is 0 Å². The van der Waals surface area contributed by atoms with E-state index in [1.54, 1.807) is 0 Å². The molecule has 6 aromatic carbocycles. The summed E-state index contributed by atoms with van der Waals surface area (Å²) >= 11 is 7.39. The number of ether oxygens (including phenoxy) is 4. The van der Waals surface area contributed by atoms with E-state index in [0.717, 1.165) is 102 Å². The van der Waals surface area contributed by atoms with E-state index < -0.39 is 12.3 Å². The summed E-state index contributed by atoms with van der Waals surface area (Å²) in [5, 5.41) is 6.63. The van der Waals surface area contributed by atoms with Crippen LogP contribution in [0.15, 0.2) is 93.9 Å². The summed E-state index contributed by atoms with van der Waals surface area (Å²) in [5.41, 5.74) is 1.91. The number of unbranched alkanes of at least 4 members (excludes halogenated alkanes) is 4. The van der Waals surface area contributed by atoms with Gasteiger partial charge >= 0.3 is 12.3 Å². The lowest BCUT2D eigenvalue weighted by Gasteiger charge is -2.21. The molecule has 0 heterocycles. The molecule has 6 rings (SSSR count). The molecule has 0 N–H and O–H groups in total. The smallest absolute Gasteiger partial charge is 0.434 e. The van der Waals surface area contributed by atoms with E-state index in [9.17, 15) is 9.59 Å². The molecule has 0 atom stereocenters. The standard InChI is InChI=1S/C40H36Br2O6/c1-3-5-11-21-45-39(43)47-37-29-15-9-7-13-27(29)35(33-23-25(41)17-19-31(33)37)36-28-14-8-10-16-30(28)38(32-20-18-26(42)24-34(32)36)48-40(44)46-22-12-6-4-2/h7-10,13-20,23-24H,3-6,11-12,21-22H2,1-2H3. The third kappa shape index (κ3) is 7.01. The molecule has 0 aliphatic carbocycles. The number of rotatable bonds is 11. The average Bonchev–Trinajstić information content (AvgIpc) is 3.09. The fourth-order valence-corrected chi connectivity index (χ4v) is 6.94. The maximum Gasteiger partial charge on any atom is 0.513 e. The van der Waals surface area contributed by atoms with Gasteiger partial charge in [-0.15, -0.1) is 0 Å². The van der Waals surface area contributed by atoms with Gasteiger partial charge in [-0.1, -0.05) is 120 Å². The number of halogens is 2. The quantitative estimate of drug-likeness (QED) is 0.0565. The summed E-state index contributed by atoms with van der Waals surface area (Å²) in [6.07, 6.45) is 4.12. The molecule has 0 fully saturated rings. The largest absolute Gasteiger partial charge is 0.513 e. The van der Waals surface area contributed by atoms with Gasteiger partial charge in [0.15, 0.2) is 0 Å². The Morgan fingerprint density at radius 2 is 0.875 bits per heavy atom. The van der Waals surface area contributed by atoms with Crippen LogP contribution in [0.5, 0.6) is 11.5 Å². The minimum atomic E-state index is -0.726. The van der Waals surface area contributed by atoms with E-state index in [2.05, 4.69) is 45.7 Å². The highest BCUT2D eigenvalue weighted by molar-refractivity contribution is 9.10. The van der Waals surface area contributed by atoms with Crippen molar-refractivity contribution in [3.05, 3.63) is 93.9 Å². The number of carbonyl (C=O) groups excluding carboxylic acids is 2. The Kier molecular flexibility index (Phi) is 10.8. The predicted octanol–water partition coefficient (Wildman–Crippen LogP) is 12.9. The van der Waals surface area contributed by atoms with Gasteiger partial charge in [-0.25, -0.2) is 9.59 Å². The van der Waals surface area contributed by atoms with Gasteiger partial charge < -0.3 is 18.9 Å². The monoisotopic (exact) mass is 770 g/mol. The van der Waals surface area contributed by atoms with E-state index in [0.29, 0.717) is 24.7 Å². The molecule has 6 nitrogen and oxygen atoms in total. The van der Waals surface area contributed by atoms with Crippen LogP contribution in [0.4, 0.5) is 9.59 Å². The van der Waals surface area contributed by atoms with Crippen molar-refractivity contribution in [2.45, 2.75) is 52.4 Å². The van der Waals surface area contributed by atoms with Gasteiger partial charge in [0, 0.05) is 30.5 Å². The summed E-state index contributed by atoms with van der Waals surface area (Å²) in [6.45, 7) is 4.82.